The van der Waals surface area contributed by atoms with E-state index in [-0.39, 0.29) is 30.6 Å². The van der Waals surface area contributed by atoms with E-state index >= 15 is 0 Å². The summed E-state index contributed by atoms with van der Waals surface area (Å²) in [6, 6.07) is 12.3. The van der Waals surface area contributed by atoms with Gasteiger partial charge in [0.2, 0.25) is 11.8 Å². The molecule has 28 heavy (non-hydrogen) atoms. The Bertz CT molecular complexity index is 831. The topological polar surface area (TPSA) is 49.4 Å². The van der Waals surface area contributed by atoms with E-state index in [9.17, 15) is 14.0 Å². The van der Waals surface area contributed by atoms with Crippen LogP contribution in [0.15, 0.2) is 48.5 Å². The number of nitrogens with zero attached hydrogens (tertiary/aromatic N) is 1. The summed E-state index contributed by atoms with van der Waals surface area (Å²) in [7, 11) is 0. The van der Waals surface area contributed by atoms with Crippen molar-refractivity contribution < 1.29 is 14.0 Å². The second kappa shape index (κ2) is 9.20. The van der Waals surface area contributed by atoms with Gasteiger partial charge in [-0.15, -0.1) is 0 Å². The minimum Gasteiger partial charge on any atom is -0.350 e. The second-order valence-corrected chi connectivity index (χ2v) is 8.24. The van der Waals surface area contributed by atoms with Crippen LogP contribution in [0.5, 0.6) is 0 Å². The molecular formula is C22H26ClFN2O2. The number of amides is 2. The zero-order chi connectivity index (χ0) is 20.9. The maximum absolute atomic E-state index is 13.2. The Balaban J connectivity index is 2.26. The van der Waals surface area contributed by atoms with Crippen molar-refractivity contribution in [2.45, 2.75) is 52.2 Å². The number of carbonyl (C=O) groups excluding carboxylic acids is 2. The van der Waals surface area contributed by atoms with Crippen LogP contribution in [0.25, 0.3) is 0 Å². The van der Waals surface area contributed by atoms with Crippen molar-refractivity contribution in [3.8, 4) is 0 Å². The number of hydrogen-bond donors (Lipinski definition) is 1. The maximum atomic E-state index is 13.2. The maximum Gasteiger partial charge on any atom is 0.242 e. The van der Waals surface area contributed by atoms with Crippen LogP contribution in [0.3, 0.4) is 0 Å². The molecule has 0 unspecified atom stereocenters. The molecule has 0 bridgehead atoms. The summed E-state index contributed by atoms with van der Waals surface area (Å²) in [5.41, 5.74) is 1.02. The van der Waals surface area contributed by atoms with Crippen LogP contribution in [0.4, 0.5) is 4.39 Å². The molecule has 0 aliphatic rings. The van der Waals surface area contributed by atoms with E-state index in [1.807, 2.05) is 26.8 Å². The van der Waals surface area contributed by atoms with Gasteiger partial charge in [-0.05, 0) is 57.0 Å². The van der Waals surface area contributed by atoms with Gasteiger partial charge in [-0.3, -0.25) is 9.59 Å². The summed E-state index contributed by atoms with van der Waals surface area (Å²) in [6.07, 6.45) is 0.0774. The van der Waals surface area contributed by atoms with Crippen LogP contribution in [0, 0.1) is 5.82 Å². The summed E-state index contributed by atoms with van der Waals surface area (Å²) in [6.45, 7) is 7.53. The average molecular weight is 405 g/mol. The molecular weight excluding hydrogens is 379 g/mol. The van der Waals surface area contributed by atoms with E-state index in [0.717, 1.165) is 5.56 Å². The summed E-state index contributed by atoms with van der Waals surface area (Å²) >= 11 is 6.19. The summed E-state index contributed by atoms with van der Waals surface area (Å²) in [5, 5.41) is 3.41. The highest BCUT2D eigenvalue weighted by molar-refractivity contribution is 6.31. The molecule has 6 heteroatoms. The van der Waals surface area contributed by atoms with Crippen molar-refractivity contribution in [2.75, 3.05) is 0 Å². The molecule has 0 radical (unpaired) electrons. The third kappa shape index (κ3) is 6.34. The molecule has 150 valence electrons. The normalized spacial score (nSPS) is 12.4. The molecule has 4 nitrogen and oxygen atoms in total. The fourth-order valence-corrected chi connectivity index (χ4v) is 2.95. The molecule has 0 aromatic heterocycles. The van der Waals surface area contributed by atoms with Gasteiger partial charge in [0.15, 0.2) is 0 Å². The number of halogens is 2. The molecule has 2 aromatic rings. The van der Waals surface area contributed by atoms with Crippen molar-refractivity contribution in [1.82, 2.24) is 10.2 Å². The molecule has 0 aliphatic heterocycles. The van der Waals surface area contributed by atoms with Crippen molar-refractivity contribution in [2.24, 2.45) is 0 Å². The first-order valence-corrected chi connectivity index (χ1v) is 9.54. The number of carbonyl (C=O) groups is 2. The first-order chi connectivity index (χ1) is 13.1. The van der Waals surface area contributed by atoms with E-state index in [0.29, 0.717) is 10.6 Å². The molecule has 0 saturated carbocycles. The zero-order valence-electron chi connectivity index (χ0n) is 16.6. The largest absolute Gasteiger partial charge is 0.350 e. The van der Waals surface area contributed by atoms with Crippen LogP contribution in [-0.2, 0) is 22.6 Å². The third-order valence-electron chi connectivity index (χ3n) is 4.23. The van der Waals surface area contributed by atoms with Crippen molar-refractivity contribution in [1.29, 1.82) is 0 Å². The van der Waals surface area contributed by atoms with Gasteiger partial charge < -0.3 is 10.2 Å². The lowest BCUT2D eigenvalue weighted by atomic mass is 10.1. The lowest BCUT2D eigenvalue weighted by molar-refractivity contribution is -0.140. The predicted octanol–water partition coefficient (Wildman–Crippen LogP) is 4.35. The van der Waals surface area contributed by atoms with E-state index in [2.05, 4.69) is 5.32 Å². The first kappa shape index (κ1) is 21.9. The van der Waals surface area contributed by atoms with Gasteiger partial charge in [-0.1, -0.05) is 41.9 Å². The molecule has 2 amide bonds. The van der Waals surface area contributed by atoms with Gasteiger partial charge in [0.25, 0.3) is 0 Å². The SMILES string of the molecule is C[C@H](C(=O)NC(C)(C)C)N(Cc1ccc(F)cc1)C(=O)Cc1ccccc1Cl. The smallest absolute Gasteiger partial charge is 0.242 e. The second-order valence-electron chi connectivity index (χ2n) is 7.83. The summed E-state index contributed by atoms with van der Waals surface area (Å²) in [4.78, 5) is 27.2. The Hall–Kier alpha value is -2.40. The predicted molar refractivity (Wildman–Crippen MR) is 109 cm³/mol. The molecule has 0 saturated heterocycles. The molecule has 0 heterocycles. The van der Waals surface area contributed by atoms with Crippen LogP contribution in [0.1, 0.15) is 38.8 Å². The van der Waals surface area contributed by atoms with Gasteiger partial charge in [-0.2, -0.15) is 0 Å². The molecule has 0 aliphatic carbocycles. The van der Waals surface area contributed by atoms with Crippen LogP contribution in [0.2, 0.25) is 5.02 Å². The van der Waals surface area contributed by atoms with E-state index in [4.69, 9.17) is 11.6 Å². The third-order valence-corrected chi connectivity index (χ3v) is 4.60. The minimum absolute atomic E-state index is 0.0774. The summed E-state index contributed by atoms with van der Waals surface area (Å²) < 4.78 is 13.2. The Morgan fingerprint density at radius 3 is 2.29 bits per heavy atom. The Morgan fingerprint density at radius 2 is 1.71 bits per heavy atom. The van der Waals surface area contributed by atoms with E-state index < -0.39 is 11.6 Å². The van der Waals surface area contributed by atoms with Crippen molar-refractivity contribution in [3.05, 3.63) is 70.5 Å². The van der Waals surface area contributed by atoms with Gasteiger partial charge >= 0.3 is 0 Å². The monoisotopic (exact) mass is 404 g/mol. The van der Waals surface area contributed by atoms with Crippen LogP contribution in [-0.4, -0.2) is 28.3 Å². The summed E-state index contributed by atoms with van der Waals surface area (Å²) in [5.74, 6) is -0.827. The Kier molecular flexibility index (Phi) is 7.19. The highest BCUT2D eigenvalue weighted by atomic mass is 35.5. The van der Waals surface area contributed by atoms with Gasteiger partial charge in [-0.25, -0.2) is 4.39 Å². The average Bonchev–Trinajstić information content (AvgIpc) is 2.61. The Labute approximate surface area is 170 Å². The van der Waals surface area contributed by atoms with Gasteiger partial charge in [0, 0.05) is 17.1 Å². The number of nitrogens with one attached hydrogen (secondary N) is 1. The molecule has 2 rings (SSSR count). The zero-order valence-corrected chi connectivity index (χ0v) is 17.4. The highest BCUT2D eigenvalue weighted by Crippen LogP contribution is 2.19. The van der Waals surface area contributed by atoms with Crippen LogP contribution < -0.4 is 5.32 Å². The first-order valence-electron chi connectivity index (χ1n) is 9.16. The van der Waals surface area contributed by atoms with Gasteiger partial charge in [0.05, 0.1) is 6.42 Å². The standard InChI is InChI=1S/C22H26ClFN2O2/c1-15(21(28)25-22(2,3)4)26(14-16-9-11-18(24)12-10-16)20(27)13-17-7-5-6-8-19(17)23/h5-12,15H,13-14H2,1-4H3,(H,25,28)/t15-/m1/s1. The van der Waals surface area contributed by atoms with E-state index in [1.165, 1.54) is 17.0 Å². The van der Waals surface area contributed by atoms with Gasteiger partial charge in [0.1, 0.15) is 11.9 Å². The molecule has 1 atom stereocenters. The molecule has 1 N–H and O–H groups in total. The lowest BCUT2D eigenvalue weighted by Crippen LogP contribution is -2.52. The molecule has 2 aromatic carbocycles. The lowest BCUT2D eigenvalue weighted by Gasteiger charge is -2.31. The fraction of sp³-hybridized carbons (Fsp3) is 0.364. The quantitative estimate of drug-likeness (QED) is 0.777. The number of hydrogen-bond acceptors (Lipinski definition) is 2. The minimum atomic E-state index is -0.695. The number of rotatable bonds is 6. The number of benzene rings is 2. The van der Waals surface area contributed by atoms with Crippen LogP contribution >= 0.6 is 11.6 Å². The fourth-order valence-electron chi connectivity index (χ4n) is 2.75. The van der Waals surface area contributed by atoms with Crippen molar-refractivity contribution >= 4 is 23.4 Å². The molecule has 0 fully saturated rings. The molecule has 0 spiro atoms. The Morgan fingerprint density at radius 1 is 1.11 bits per heavy atom. The highest BCUT2D eigenvalue weighted by Gasteiger charge is 2.28. The van der Waals surface area contributed by atoms with Crippen molar-refractivity contribution in [3.63, 3.8) is 0 Å². The van der Waals surface area contributed by atoms with E-state index in [1.54, 1.807) is 37.3 Å².